The maximum absolute atomic E-state index is 13.1. The van der Waals surface area contributed by atoms with Crippen molar-refractivity contribution in [2.24, 2.45) is 17.8 Å². The van der Waals surface area contributed by atoms with Crippen molar-refractivity contribution in [3.05, 3.63) is 39.9 Å². The van der Waals surface area contributed by atoms with E-state index in [4.69, 9.17) is 10.00 Å². The minimum Gasteiger partial charge on any atom is -0.452 e. The normalized spacial score (nSPS) is 28.6. The first kappa shape index (κ1) is 20.3. The summed E-state index contributed by atoms with van der Waals surface area (Å²) >= 11 is 0. The third-order valence-electron chi connectivity index (χ3n) is 6.95. The lowest BCUT2D eigenvalue weighted by atomic mass is 9.52. The number of hydrogen-bond donors (Lipinski definition) is 0. The van der Waals surface area contributed by atoms with E-state index < -0.39 is 17.5 Å². The van der Waals surface area contributed by atoms with Crippen LogP contribution in [0.5, 0.6) is 0 Å². The molecule has 1 aromatic rings. The van der Waals surface area contributed by atoms with Gasteiger partial charge in [0.25, 0.3) is 11.6 Å². The van der Waals surface area contributed by atoms with Gasteiger partial charge in [-0.3, -0.25) is 14.9 Å². The summed E-state index contributed by atoms with van der Waals surface area (Å²) in [5.74, 6) is 0.868. The first-order valence-corrected chi connectivity index (χ1v) is 10.5. The van der Waals surface area contributed by atoms with E-state index in [9.17, 15) is 19.7 Å². The molecule has 5 rings (SSSR count). The van der Waals surface area contributed by atoms with E-state index in [1.54, 1.807) is 4.90 Å². The summed E-state index contributed by atoms with van der Waals surface area (Å²) in [4.78, 5) is 37.6. The van der Waals surface area contributed by atoms with Crippen LogP contribution in [0.2, 0.25) is 0 Å². The number of nitro benzene ring substituents is 1. The molecule has 30 heavy (non-hydrogen) atoms. The standard InChI is InChI=1S/C22H25N3O5/c23-5-2-6-24(22-11-15-7-16(12-22)9-17(8-15)13-22)20(26)14-30-21(27)18-3-1-4-19(10-18)25(28)29/h1,3-4,10,15-17H,2,6-9,11-14H2. The number of hydrogen-bond acceptors (Lipinski definition) is 6. The van der Waals surface area contributed by atoms with Crippen LogP contribution in [0.25, 0.3) is 0 Å². The summed E-state index contributed by atoms with van der Waals surface area (Å²) in [5, 5.41) is 20.0. The van der Waals surface area contributed by atoms with Crippen LogP contribution in [0, 0.1) is 39.2 Å². The topological polar surface area (TPSA) is 114 Å². The van der Waals surface area contributed by atoms with Gasteiger partial charge in [0, 0.05) is 24.2 Å². The van der Waals surface area contributed by atoms with Crippen LogP contribution in [0.15, 0.2) is 24.3 Å². The number of amides is 1. The lowest BCUT2D eigenvalue weighted by molar-refractivity contribution is -0.384. The Morgan fingerprint density at radius 2 is 1.83 bits per heavy atom. The Morgan fingerprint density at radius 3 is 2.40 bits per heavy atom. The number of non-ortho nitro benzene ring substituents is 1. The Hall–Kier alpha value is -2.95. The molecule has 8 nitrogen and oxygen atoms in total. The second-order valence-electron chi connectivity index (χ2n) is 8.98. The monoisotopic (exact) mass is 411 g/mol. The van der Waals surface area contributed by atoms with Gasteiger partial charge in [0.1, 0.15) is 0 Å². The van der Waals surface area contributed by atoms with Crippen LogP contribution in [-0.2, 0) is 9.53 Å². The average Bonchev–Trinajstić information content (AvgIpc) is 2.71. The van der Waals surface area contributed by atoms with Gasteiger partial charge >= 0.3 is 5.97 Å². The van der Waals surface area contributed by atoms with Crippen LogP contribution in [-0.4, -0.2) is 40.4 Å². The van der Waals surface area contributed by atoms with Crippen LogP contribution < -0.4 is 0 Å². The summed E-state index contributed by atoms with van der Waals surface area (Å²) in [5.41, 5.74) is -0.393. The highest BCUT2D eigenvalue weighted by molar-refractivity contribution is 5.92. The minimum atomic E-state index is -0.766. The van der Waals surface area contributed by atoms with E-state index in [-0.39, 0.29) is 29.1 Å². The molecule has 0 atom stereocenters. The quantitative estimate of drug-likeness (QED) is 0.386. The zero-order chi connectivity index (χ0) is 21.3. The summed E-state index contributed by atoms with van der Waals surface area (Å²) < 4.78 is 5.21. The molecular weight excluding hydrogens is 386 g/mol. The molecule has 0 heterocycles. The first-order valence-electron chi connectivity index (χ1n) is 10.5. The molecular formula is C22H25N3O5. The highest BCUT2D eigenvalue weighted by Crippen LogP contribution is 2.57. The Labute approximate surface area is 174 Å². The fourth-order valence-corrected chi connectivity index (χ4v) is 6.22. The molecule has 4 aliphatic carbocycles. The molecule has 0 aromatic heterocycles. The van der Waals surface area contributed by atoms with E-state index in [0.29, 0.717) is 24.3 Å². The highest BCUT2D eigenvalue weighted by Gasteiger charge is 2.54. The molecule has 4 saturated carbocycles. The molecule has 0 spiro atoms. The third-order valence-corrected chi connectivity index (χ3v) is 6.95. The molecule has 0 N–H and O–H groups in total. The average molecular weight is 411 g/mol. The van der Waals surface area contributed by atoms with Gasteiger partial charge in [0.2, 0.25) is 0 Å². The van der Waals surface area contributed by atoms with Gasteiger partial charge in [-0.2, -0.15) is 5.26 Å². The van der Waals surface area contributed by atoms with Gasteiger partial charge in [0.05, 0.1) is 23.0 Å². The predicted octanol–water partition coefficient (Wildman–Crippen LogP) is 3.46. The summed E-state index contributed by atoms with van der Waals surface area (Å²) in [6.45, 7) is -0.0788. The van der Waals surface area contributed by atoms with Crippen LogP contribution >= 0.6 is 0 Å². The molecule has 1 aromatic carbocycles. The van der Waals surface area contributed by atoms with Gasteiger partial charge in [-0.25, -0.2) is 4.79 Å². The van der Waals surface area contributed by atoms with E-state index in [1.165, 1.54) is 37.5 Å². The molecule has 4 bridgehead atoms. The Balaban J connectivity index is 1.46. The molecule has 0 saturated heterocycles. The number of carbonyl (C=O) groups excluding carboxylic acids is 2. The second-order valence-corrected chi connectivity index (χ2v) is 8.98. The number of nitrogens with zero attached hydrogens (tertiary/aromatic N) is 3. The highest BCUT2D eigenvalue weighted by atomic mass is 16.6. The lowest BCUT2D eigenvalue weighted by Crippen LogP contribution is -2.62. The van der Waals surface area contributed by atoms with E-state index in [0.717, 1.165) is 25.3 Å². The molecule has 0 unspecified atom stereocenters. The molecule has 0 radical (unpaired) electrons. The van der Waals surface area contributed by atoms with Crippen molar-refractivity contribution < 1.29 is 19.2 Å². The SMILES string of the molecule is N#CCCN(C(=O)COC(=O)c1cccc([N+](=O)[O-])c1)C12CC3CC(CC(C3)C1)C2. The number of nitriles is 1. The minimum absolute atomic E-state index is 0.0374. The predicted molar refractivity (Wildman–Crippen MR) is 106 cm³/mol. The molecule has 1 amide bonds. The van der Waals surface area contributed by atoms with Crippen LogP contribution in [0.4, 0.5) is 5.69 Å². The largest absolute Gasteiger partial charge is 0.452 e. The summed E-state index contributed by atoms with van der Waals surface area (Å²) in [7, 11) is 0. The second kappa shape index (κ2) is 8.05. The smallest absolute Gasteiger partial charge is 0.338 e. The van der Waals surface area contributed by atoms with Crippen molar-refractivity contribution in [3.8, 4) is 6.07 Å². The molecule has 8 heteroatoms. The molecule has 158 valence electrons. The lowest BCUT2D eigenvalue weighted by Gasteiger charge is -2.60. The molecule has 0 aliphatic heterocycles. The Morgan fingerprint density at radius 1 is 1.20 bits per heavy atom. The number of esters is 1. The number of benzene rings is 1. The number of ether oxygens (including phenoxy) is 1. The first-order chi connectivity index (χ1) is 14.4. The maximum atomic E-state index is 13.1. The van der Waals surface area contributed by atoms with Crippen molar-refractivity contribution in [1.82, 2.24) is 4.90 Å². The van der Waals surface area contributed by atoms with Gasteiger partial charge in [0.15, 0.2) is 6.61 Å². The summed E-state index contributed by atoms with van der Waals surface area (Å²) in [6.07, 6.45) is 6.86. The Kier molecular flexibility index (Phi) is 5.46. The number of nitro groups is 1. The summed E-state index contributed by atoms with van der Waals surface area (Å²) in [6, 6.07) is 7.39. The Bertz CT molecular complexity index is 871. The van der Waals surface area contributed by atoms with Crippen LogP contribution in [0.3, 0.4) is 0 Å². The van der Waals surface area contributed by atoms with Gasteiger partial charge in [-0.05, 0) is 62.3 Å². The fourth-order valence-electron chi connectivity index (χ4n) is 6.22. The maximum Gasteiger partial charge on any atom is 0.338 e. The van der Waals surface area contributed by atoms with Crippen molar-refractivity contribution in [2.45, 2.75) is 50.5 Å². The van der Waals surface area contributed by atoms with Gasteiger partial charge in [-0.15, -0.1) is 0 Å². The van der Waals surface area contributed by atoms with E-state index in [1.807, 2.05) is 0 Å². The van der Waals surface area contributed by atoms with Crippen molar-refractivity contribution >= 4 is 17.6 Å². The van der Waals surface area contributed by atoms with Crippen molar-refractivity contribution in [1.29, 1.82) is 5.26 Å². The zero-order valence-corrected chi connectivity index (χ0v) is 16.8. The number of carbonyl (C=O) groups is 2. The van der Waals surface area contributed by atoms with Gasteiger partial charge < -0.3 is 9.64 Å². The molecule has 4 fully saturated rings. The van der Waals surface area contributed by atoms with Crippen LogP contribution in [0.1, 0.15) is 55.3 Å². The fraction of sp³-hybridized carbons (Fsp3) is 0.591. The third kappa shape index (κ3) is 3.89. The van der Waals surface area contributed by atoms with E-state index in [2.05, 4.69) is 6.07 Å². The van der Waals surface area contributed by atoms with E-state index >= 15 is 0 Å². The van der Waals surface area contributed by atoms with Gasteiger partial charge in [-0.1, -0.05) is 6.07 Å². The zero-order valence-electron chi connectivity index (χ0n) is 16.8. The number of rotatable bonds is 7. The van der Waals surface area contributed by atoms with Crippen molar-refractivity contribution in [2.75, 3.05) is 13.2 Å². The van der Waals surface area contributed by atoms with Crippen molar-refractivity contribution in [3.63, 3.8) is 0 Å². The molecule has 4 aliphatic rings.